The lowest BCUT2D eigenvalue weighted by atomic mass is 9.71. The molecule has 170 valence electrons. The first-order valence-corrected chi connectivity index (χ1v) is 11.8. The molecule has 2 atom stereocenters. The van der Waals surface area contributed by atoms with Crippen LogP contribution in [0.3, 0.4) is 0 Å². The molecular formula is C28H29NO4. The summed E-state index contributed by atoms with van der Waals surface area (Å²) in [6, 6.07) is 17.0. The number of allylic oxidation sites excluding steroid dienone is 3. The smallest absolute Gasteiger partial charge is 0.337 e. The van der Waals surface area contributed by atoms with Gasteiger partial charge in [0.2, 0.25) is 0 Å². The number of benzene rings is 2. The number of phenols is 1. The van der Waals surface area contributed by atoms with Gasteiger partial charge >= 0.3 is 5.97 Å². The Morgan fingerprint density at radius 2 is 1.73 bits per heavy atom. The lowest BCUT2D eigenvalue weighted by Gasteiger charge is -2.37. The van der Waals surface area contributed by atoms with Crippen molar-refractivity contribution in [2.45, 2.75) is 63.4 Å². The quantitative estimate of drug-likeness (QED) is 0.632. The van der Waals surface area contributed by atoms with Gasteiger partial charge in [0, 0.05) is 29.3 Å². The predicted octanol–water partition coefficient (Wildman–Crippen LogP) is 5.24. The number of ketones is 1. The highest BCUT2D eigenvalue weighted by atomic mass is 16.5. The van der Waals surface area contributed by atoms with E-state index in [0.717, 1.165) is 42.5 Å². The summed E-state index contributed by atoms with van der Waals surface area (Å²) in [6.07, 6.45) is 4.93. The number of Topliss-reactive ketones (excluding diaryl/α,β-unsaturated/α-hetero) is 1. The zero-order chi connectivity index (χ0) is 22.9. The summed E-state index contributed by atoms with van der Waals surface area (Å²) in [7, 11) is 0. The summed E-state index contributed by atoms with van der Waals surface area (Å²) in [5, 5.41) is 13.6. The van der Waals surface area contributed by atoms with Gasteiger partial charge in [0.05, 0.1) is 5.57 Å². The number of hydrogen-bond acceptors (Lipinski definition) is 5. The number of ether oxygens (including phenoxy) is 1. The highest BCUT2D eigenvalue weighted by Gasteiger charge is 2.42. The minimum atomic E-state index is -0.550. The van der Waals surface area contributed by atoms with E-state index in [1.165, 1.54) is 0 Å². The highest BCUT2D eigenvalue weighted by molar-refractivity contribution is 6.04. The summed E-state index contributed by atoms with van der Waals surface area (Å²) >= 11 is 0. The average Bonchev–Trinajstić information content (AvgIpc) is 3.31. The number of carbonyl (C=O) groups excluding carboxylic acids is 2. The minimum absolute atomic E-state index is 0.0320. The van der Waals surface area contributed by atoms with Gasteiger partial charge in [-0.25, -0.2) is 4.79 Å². The Morgan fingerprint density at radius 1 is 1.00 bits per heavy atom. The molecule has 0 saturated heterocycles. The molecule has 0 aromatic heterocycles. The number of rotatable bonds is 4. The van der Waals surface area contributed by atoms with E-state index >= 15 is 0 Å². The molecule has 0 unspecified atom stereocenters. The fourth-order valence-corrected chi connectivity index (χ4v) is 5.53. The van der Waals surface area contributed by atoms with Gasteiger partial charge in [0.1, 0.15) is 11.9 Å². The predicted molar refractivity (Wildman–Crippen MR) is 125 cm³/mol. The van der Waals surface area contributed by atoms with Gasteiger partial charge in [-0.2, -0.15) is 0 Å². The first-order valence-electron chi connectivity index (χ1n) is 11.8. The molecule has 0 bridgehead atoms. The Labute approximate surface area is 194 Å². The molecule has 2 aromatic carbocycles. The largest absolute Gasteiger partial charge is 0.508 e. The van der Waals surface area contributed by atoms with Gasteiger partial charge in [-0.3, -0.25) is 4.79 Å². The Morgan fingerprint density at radius 3 is 2.45 bits per heavy atom. The standard InChI is InChI=1S/C28H29NO4/c1-17-25(28(32)33-22-12-5-6-13-22)26(19-10-7-11-21(30)14-19)27-23(29-17)15-20(16-24(27)31)18-8-3-2-4-9-18/h2-4,7-11,14,20,22,26,29-30H,5-6,12-13,15-16H2,1H3/t20-,26+/m1/s1. The van der Waals surface area contributed by atoms with Gasteiger partial charge in [-0.05, 0) is 68.2 Å². The van der Waals surface area contributed by atoms with Crippen molar-refractivity contribution in [3.05, 3.63) is 88.3 Å². The van der Waals surface area contributed by atoms with Crippen molar-refractivity contribution in [2.75, 3.05) is 0 Å². The maximum atomic E-state index is 13.6. The minimum Gasteiger partial charge on any atom is -0.508 e. The molecule has 5 heteroatoms. The third-order valence-corrected chi connectivity index (χ3v) is 7.10. The molecular weight excluding hydrogens is 414 g/mol. The van der Waals surface area contributed by atoms with Crippen LogP contribution in [0.15, 0.2) is 77.1 Å². The van der Waals surface area contributed by atoms with Crippen LogP contribution in [0, 0.1) is 0 Å². The number of hydrogen-bond donors (Lipinski definition) is 2. The van der Waals surface area contributed by atoms with Crippen LogP contribution in [-0.4, -0.2) is 23.0 Å². The summed E-state index contributed by atoms with van der Waals surface area (Å²) in [5.41, 5.74) is 4.54. The van der Waals surface area contributed by atoms with Gasteiger partial charge in [-0.1, -0.05) is 42.5 Å². The normalized spacial score (nSPS) is 23.4. The molecule has 1 saturated carbocycles. The molecule has 33 heavy (non-hydrogen) atoms. The van der Waals surface area contributed by atoms with Crippen molar-refractivity contribution >= 4 is 11.8 Å². The summed E-state index contributed by atoms with van der Waals surface area (Å²) in [5.74, 6) is -0.685. The average molecular weight is 444 g/mol. The van der Waals surface area contributed by atoms with E-state index in [4.69, 9.17) is 4.74 Å². The van der Waals surface area contributed by atoms with Crippen molar-refractivity contribution in [3.63, 3.8) is 0 Å². The lowest BCUT2D eigenvalue weighted by Crippen LogP contribution is -2.36. The maximum absolute atomic E-state index is 13.6. The second kappa shape index (κ2) is 8.89. The summed E-state index contributed by atoms with van der Waals surface area (Å²) in [6.45, 7) is 1.88. The molecule has 5 rings (SSSR count). The maximum Gasteiger partial charge on any atom is 0.337 e. The number of carbonyl (C=O) groups is 2. The molecule has 1 aliphatic heterocycles. The Balaban J connectivity index is 1.55. The summed E-state index contributed by atoms with van der Waals surface area (Å²) in [4.78, 5) is 26.9. The molecule has 3 aliphatic rings. The van der Waals surface area contributed by atoms with E-state index in [9.17, 15) is 14.7 Å². The molecule has 0 radical (unpaired) electrons. The van der Waals surface area contributed by atoms with Gasteiger partial charge in [-0.15, -0.1) is 0 Å². The first-order chi connectivity index (χ1) is 16.0. The fourth-order valence-electron chi connectivity index (χ4n) is 5.53. The first kappa shape index (κ1) is 21.5. The van der Waals surface area contributed by atoms with Crippen molar-refractivity contribution < 1.29 is 19.4 Å². The van der Waals surface area contributed by atoms with E-state index in [2.05, 4.69) is 17.4 Å². The highest BCUT2D eigenvalue weighted by Crippen LogP contribution is 2.46. The zero-order valence-corrected chi connectivity index (χ0v) is 18.8. The van der Waals surface area contributed by atoms with Crippen molar-refractivity contribution in [1.82, 2.24) is 5.32 Å². The number of phenolic OH excluding ortho intramolecular Hbond substituents is 1. The van der Waals surface area contributed by atoms with Crippen LogP contribution >= 0.6 is 0 Å². The van der Waals surface area contributed by atoms with Gasteiger partial charge in [0.25, 0.3) is 0 Å². The van der Waals surface area contributed by atoms with Crippen LogP contribution in [0.5, 0.6) is 5.75 Å². The van der Waals surface area contributed by atoms with Crippen molar-refractivity contribution in [1.29, 1.82) is 0 Å². The fraction of sp³-hybridized carbons (Fsp3) is 0.357. The number of aromatic hydroxyl groups is 1. The number of esters is 1. The van der Waals surface area contributed by atoms with E-state index in [0.29, 0.717) is 29.7 Å². The van der Waals surface area contributed by atoms with E-state index < -0.39 is 5.92 Å². The monoisotopic (exact) mass is 443 g/mol. The van der Waals surface area contributed by atoms with E-state index in [1.54, 1.807) is 18.2 Å². The molecule has 5 nitrogen and oxygen atoms in total. The third kappa shape index (κ3) is 4.20. The molecule has 1 fully saturated rings. The second-order valence-corrected chi connectivity index (χ2v) is 9.33. The molecule has 1 heterocycles. The van der Waals surface area contributed by atoms with E-state index in [-0.39, 0.29) is 29.5 Å². The number of nitrogens with one attached hydrogen (secondary N) is 1. The lowest BCUT2D eigenvalue weighted by molar-refractivity contribution is -0.144. The molecule has 2 N–H and O–H groups in total. The molecule has 2 aliphatic carbocycles. The third-order valence-electron chi connectivity index (χ3n) is 7.10. The van der Waals surface area contributed by atoms with Crippen LogP contribution in [0.4, 0.5) is 0 Å². The molecule has 0 spiro atoms. The van der Waals surface area contributed by atoms with Crippen LogP contribution in [-0.2, 0) is 14.3 Å². The Hall–Kier alpha value is -3.34. The van der Waals surface area contributed by atoms with Gasteiger partial charge < -0.3 is 15.2 Å². The Bertz CT molecular complexity index is 1140. The number of dihydropyridines is 1. The molecule has 0 amide bonds. The Kier molecular flexibility index (Phi) is 5.79. The van der Waals surface area contributed by atoms with Crippen molar-refractivity contribution in [3.8, 4) is 5.75 Å². The second-order valence-electron chi connectivity index (χ2n) is 9.33. The topological polar surface area (TPSA) is 75.6 Å². The SMILES string of the molecule is CC1=C(C(=O)OC2CCCC2)[C@H](c2cccc(O)c2)C2=C(C[C@@H](c3ccccc3)CC2=O)N1. The zero-order valence-electron chi connectivity index (χ0n) is 18.8. The van der Waals surface area contributed by atoms with Crippen LogP contribution in [0.1, 0.15) is 68.4 Å². The van der Waals surface area contributed by atoms with Crippen LogP contribution in [0.25, 0.3) is 0 Å². The van der Waals surface area contributed by atoms with E-state index in [1.807, 2.05) is 31.2 Å². The van der Waals surface area contributed by atoms with Gasteiger partial charge in [0.15, 0.2) is 5.78 Å². The van der Waals surface area contributed by atoms with Crippen molar-refractivity contribution in [2.24, 2.45) is 0 Å². The summed E-state index contributed by atoms with van der Waals surface area (Å²) < 4.78 is 5.88. The van der Waals surface area contributed by atoms with Crippen LogP contribution < -0.4 is 5.32 Å². The molecule has 2 aromatic rings. The van der Waals surface area contributed by atoms with Crippen LogP contribution in [0.2, 0.25) is 0 Å².